The van der Waals surface area contributed by atoms with E-state index >= 15 is 0 Å². The largest absolute Gasteiger partial charge is 0.381 e. The van der Waals surface area contributed by atoms with Crippen LogP contribution in [-0.2, 0) is 45.6 Å². The van der Waals surface area contributed by atoms with E-state index < -0.39 is 11.9 Å². The molecule has 0 aliphatic carbocycles. The zero-order chi connectivity index (χ0) is 49.5. The fourth-order valence-electron chi connectivity index (χ4n) is 13.9. The molecule has 13 rings (SSSR count). The molecule has 4 aromatic heterocycles. The molecule has 5 fully saturated rings. The van der Waals surface area contributed by atoms with Gasteiger partial charge in [0.25, 0.3) is 0 Å². The van der Waals surface area contributed by atoms with Crippen molar-refractivity contribution >= 4 is 57.3 Å². The number of aromatic nitrogens is 6. The molecule has 5 saturated heterocycles. The van der Waals surface area contributed by atoms with E-state index in [-0.39, 0.29) is 29.3 Å². The van der Waals surface area contributed by atoms with E-state index in [1.165, 1.54) is 52.2 Å². The van der Waals surface area contributed by atoms with Gasteiger partial charge in [-0.2, -0.15) is 5.10 Å². The number of imidazole rings is 2. The molecule has 7 aliphatic heterocycles. The molecule has 6 aromatic rings. The van der Waals surface area contributed by atoms with Crippen molar-refractivity contribution in [2.24, 2.45) is 18.4 Å². The number of pyridine rings is 1. The third-order valence-corrected chi connectivity index (χ3v) is 18.1. The lowest BCUT2D eigenvalue weighted by Gasteiger charge is -2.42. The van der Waals surface area contributed by atoms with Gasteiger partial charge in [0.05, 0.1) is 35.0 Å². The Kier molecular flexibility index (Phi) is 11.7. The summed E-state index contributed by atoms with van der Waals surface area (Å²) in [5.41, 5.74) is 12.4. The van der Waals surface area contributed by atoms with Crippen molar-refractivity contribution in [3.05, 3.63) is 88.4 Å². The van der Waals surface area contributed by atoms with Crippen LogP contribution >= 0.6 is 0 Å². The molecule has 3 amide bonds. The number of ether oxygens (including phenoxy) is 1. The smallest absolute Gasteiger partial charge is 0.329 e. The number of rotatable bonds is 8. The predicted molar refractivity (Wildman–Crippen MR) is 281 cm³/mol. The number of hydrogen-bond donors (Lipinski definition) is 1. The van der Waals surface area contributed by atoms with Gasteiger partial charge >= 0.3 is 5.69 Å². The molecule has 1 atom stereocenters. The van der Waals surface area contributed by atoms with Crippen LogP contribution in [0.3, 0.4) is 0 Å². The maximum Gasteiger partial charge on any atom is 0.329 e. The normalized spacial score (nSPS) is 22.2. The SMILES string of the molecule is CC(=O)N1CCc2c(c(N3CCCc4cc(-c5cc6nccn6cc5N5CCC(CN6CCC7(CC6)CCN(c6cccc8c6n(C)c(=O)n8C6CCC(=O)NC6=O)C7)CC5)ccc43)nn2C2CCOCC2)C1. The number of carbonyl (C=O) groups is 3. The third-order valence-electron chi connectivity index (χ3n) is 18.1. The molecule has 382 valence electrons. The molecular weight excluding hydrogens is 921 g/mol. The molecule has 1 spiro atoms. The zero-order valence-electron chi connectivity index (χ0n) is 42.4. The van der Waals surface area contributed by atoms with Gasteiger partial charge in [-0.05, 0) is 130 Å². The number of fused-ring (bicyclic) bond motifs is 4. The summed E-state index contributed by atoms with van der Waals surface area (Å²) < 4.78 is 13.5. The topological polar surface area (TPSA) is 151 Å². The fourth-order valence-corrected chi connectivity index (χ4v) is 13.9. The summed E-state index contributed by atoms with van der Waals surface area (Å²) in [4.78, 5) is 68.1. The van der Waals surface area contributed by atoms with E-state index in [9.17, 15) is 19.2 Å². The number of anilines is 4. The zero-order valence-corrected chi connectivity index (χ0v) is 42.4. The van der Waals surface area contributed by atoms with Crippen molar-refractivity contribution < 1.29 is 19.1 Å². The van der Waals surface area contributed by atoms with Crippen LogP contribution in [0.2, 0.25) is 0 Å². The van der Waals surface area contributed by atoms with E-state index in [2.05, 4.69) is 76.7 Å². The summed E-state index contributed by atoms with van der Waals surface area (Å²) in [6, 6.07) is 15.0. The number of likely N-dealkylation sites (tertiary alicyclic amines) is 1. The average Bonchev–Trinajstić information content (AvgIpc) is 4.21. The number of amides is 3. The number of para-hydroxylation sites is 1. The minimum Gasteiger partial charge on any atom is -0.381 e. The number of nitrogens with zero attached hydrogens (tertiary/aromatic N) is 11. The minimum absolute atomic E-state index is 0.119. The van der Waals surface area contributed by atoms with Crippen LogP contribution in [0.5, 0.6) is 0 Å². The standard InChI is InChI=1S/C56H68N12O5/c1-37(69)63-24-14-45-43(34-63)53(59-68(45)41-15-29-73-30-16-41)66-21-4-5-40-31-39(8-9-44(40)66)42-32-50-57-20-28-64(50)35-49(42)62-22-12-38(13-23-62)33-61-25-17-56(18-26-61)19-27-65(36-56)46-6-3-7-47-52(46)60(2)55(72)67(47)48-10-11-51(70)58-54(48)71/h3,6-9,20,28,31-32,35,38,41,48H,4-5,10-19,21-27,29-30,33-34,36H2,1-2H3,(H,58,70,71). The Morgan fingerprint density at radius 3 is 2.48 bits per heavy atom. The summed E-state index contributed by atoms with van der Waals surface area (Å²) in [5, 5.41) is 7.86. The highest BCUT2D eigenvalue weighted by atomic mass is 16.5. The van der Waals surface area contributed by atoms with Gasteiger partial charge in [-0.3, -0.25) is 33.5 Å². The van der Waals surface area contributed by atoms with E-state index in [0.29, 0.717) is 24.9 Å². The van der Waals surface area contributed by atoms with Crippen molar-refractivity contribution in [2.45, 2.75) is 103 Å². The number of imide groups is 1. The Balaban J connectivity index is 0.681. The first kappa shape index (κ1) is 46.3. The molecule has 0 radical (unpaired) electrons. The average molecular weight is 989 g/mol. The Labute approximate surface area is 425 Å². The lowest BCUT2D eigenvalue weighted by atomic mass is 9.77. The summed E-state index contributed by atoms with van der Waals surface area (Å²) in [6.07, 6.45) is 17.4. The van der Waals surface area contributed by atoms with Crippen molar-refractivity contribution in [1.82, 2.24) is 43.4 Å². The predicted octanol–water partition coefficient (Wildman–Crippen LogP) is 6.38. The highest BCUT2D eigenvalue weighted by Gasteiger charge is 2.42. The number of hydrogen-bond acceptors (Lipinski definition) is 11. The van der Waals surface area contributed by atoms with Gasteiger partial charge in [-0.25, -0.2) is 9.78 Å². The number of carbonyl (C=O) groups excluding carboxylic acids is 3. The summed E-state index contributed by atoms with van der Waals surface area (Å²) in [6.45, 7) is 12.7. The number of nitrogens with one attached hydrogen (secondary N) is 1. The second-order valence-corrected chi connectivity index (χ2v) is 22.3. The third kappa shape index (κ3) is 8.21. The van der Waals surface area contributed by atoms with Crippen molar-refractivity contribution in [1.29, 1.82) is 0 Å². The second kappa shape index (κ2) is 18.5. The van der Waals surface area contributed by atoms with Crippen LogP contribution in [0.25, 0.3) is 27.8 Å². The van der Waals surface area contributed by atoms with E-state index in [1.54, 1.807) is 23.1 Å². The van der Waals surface area contributed by atoms with Crippen molar-refractivity contribution in [2.75, 3.05) is 86.8 Å². The number of aryl methyl sites for hydroxylation is 2. The van der Waals surface area contributed by atoms with Gasteiger partial charge in [-0.15, -0.1) is 0 Å². The monoisotopic (exact) mass is 989 g/mol. The lowest BCUT2D eigenvalue weighted by molar-refractivity contribution is -0.135. The van der Waals surface area contributed by atoms with Crippen molar-refractivity contribution in [3.63, 3.8) is 0 Å². The minimum atomic E-state index is -0.691. The highest BCUT2D eigenvalue weighted by Crippen LogP contribution is 2.45. The van der Waals surface area contributed by atoms with Crippen LogP contribution in [-0.4, -0.2) is 128 Å². The molecule has 0 saturated carbocycles. The maximum atomic E-state index is 13.7. The van der Waals surface area contributed by atoms with Gasteiger partial charge in [0, 0.05) is 127 Å². The van der Waals surface area contributed by atoms with Crippen molar-refractivity contribution in [3.8, 4) is 11.1 Å². The van der Waals surface area contributed by atoms with Gasteiger partial charge in [0.15, 0.2) is 5.82 Å². The molecule has 1 N–H and O–H groups in total. The Morgan fingerprint density at radius 1 is 0.849 bits per heavy atom. The molecule has 0 bridgehead atoms. The second-order valence-electron chi connectivity index (χ2n) is 22.3. The Morgan fingerprint density at radius 2 is 1.67 bits per heavy atom. The van der Waals surface area contributed by atoms with E-state index in [1.807, 2.05) is 23.2 Å². The Bertz CT molecular complexity index is 3200. The van der Waals surface area contributed by atoms with E-state index in [0.717, 1.165) is 152 Å². The number of benzene rings is 2. The molecule has 1 unspecified atom stereocenters. The summed E-state index contributed by atoms with van der Waals surface area (Å²) in [7, 11) is 1.80. The molecule has 73 heavy (non-hydrogen) atoms. The Hall–Kier alpha value is -6.46. The van der Waals surface area contributed by atoms with E-state index in [4.69, 9.17) is 14.8 Å². The highest BCUT2D eigenvalue weighted by molar-refractivity contribution is 6.00. The molecule has 11 heterocycles. The van der Waals surface area contributed by atoms with Crippen LogP contribution in [0.4, 0.5) is 22.9 Å². The van der Waals surface area contributed by atoms with Gasteiger partial charge in [0.2, 0.25) is 17.7 Å². The van der Waals surface area contributed by atoms with Gasteiger partial charge in [-0.1, -0.05) is 12.1 Å². The van der Waals surface area contributed by atoms with Crippen LogP contribution in [0.15, 0.2) is 65.8 Å². The first-order valence-electron chi connectivity index (χ1n) is 27.1. The quantitative estimate of drug-likeness (QED) is 0.169. The van der Waals surface area contributed by atoms with Gasteiger partial charge in [0.1, 0.15) is 11.7 Å². The molecule has 7 aliphatic rings. The van der Waals surface area contributed by atoms with Crippen LogP contribution < -0.4 is 25.7 Å². The fraction of sp³-hybridized carbons (Fsp3) is 0.536. The molecule has 2 aromatic carbocycles. The van der Waals surface area contributed by atoms with Crippen LogP contribution in [0.1, 0.15) is 100 Å². The maximum absolute atomic E-state index is 13.7. The molecule has 17 nitrogen and oxygen atoms in total. The first-order valence-corrected chi connectivity index (χ1v) is 27.1. The first-order chi connectivity index (χ1) is 35.6. The van der Waals surface area contributed by atoms with Gasteiger partial charge < -0.3 is 33.6 Å². The summed E-state index contributed by atoms with van der Waals surface area (Å²) in [5.74, 6) is 1.10. The van der Waals surface area contributed by atoms with Crippen LogP contribution in [0, 0.1) is 11.3 Å². The number of piperidine rings is 3. The molecular formula is C56H68N12O5. The molecule has 17 heteroatoms. The summed E-state index contributed by atoms with van der Waals surface area (Å²) >= 11 is 0. The lowest BCUT2D eigenvalue weighted by Crippen LogP contribution is -2.45.